The quantitative estimate of drug-likeness (QED) is 0.104. The molecule has 59 heavy (non-hydrogen) atoms. The minimum Gasteiger partial charge on any atom is -0.394 e. The van der Waals surface area contributed by atoms with Crippen molar-refractivity contribution in [3.05, 3.63) is 77.5 Å². The topological polar surface area (TPSA) is 287 Å². The summed E-state index contributed by atoms with van der Waals surface area (Å²) >= 11 is 5.91. The predicted octanol–water partition coefficient (Wildman–Crippen LogP) is 0.0377. The van der Waals surface area contributed by atoms with E-state index in [0.717, 1.165) is 16.3 Å². The Balaban J connectivity index is 0.000000572. The van der Waals surface area contributed by atoms with Crippen LogP contribution in [0.3, 0.4) is 0 Å². The molecule has 6 aromatic rings. The van der Waals surface area contributed by atoms with Gasteiger partial charge in [-0.05, 0) is 16.3 Å². The van der Waals surface area contributed by atoms with E-state index in [9.17, 15) is 30.8 Å². The van der Waals surface area contributed by atoms with E-state index in [4.69, 9.17) is 31.4 Å². The second kappa shape index (κ2) is 27.9. The zero-order valence-corrected chi connectivity index (χ0v) is 60.0. The van der Waals surface area contributed by atoms with Crippen LogP contribution in [0.25, 0.3) is 33.1 Å². The summed E-state index contributed by atoms with van der Waals surface area (Å²) in [6, 6.07) is 17.8. The molecule has 2 aliphatic heterocycles. The summed E-state index contributed by atoms with van der Waals surface area (Å²) in [5, 5.41) is 82.5. The Morgan fingerprint density at radius 1 is 0.661 bits per heavy atom. The van der Waals surface area contributed by atoms with Crippen molar-refractivity contribution in [2.24, 2.45) is 0 Å². The van der Waals surface area contributed by atoms with Crippen LogP contribution < -0.4 is 5.32 Å². The Labute approximate surface area is 555 Å². The normalized spacial score (nSPS) is 22.7. The summed E-state index contributed by atoms with van der Waals surface area (Å²) in [6.07, 6.45) is -6.23. The second-order valence-corrected chi connectivity index (χ2v) is 12.4. The van der Waals surface area contributed by atoms with E-state index in [1.165, 1.54) is 21.8 Å². The third kappa shape index (κ3) is 13.3. The summed E-state index contributed by atoms with van der Waals surface area (Å²) in [4.78, 5) is 24.6. The van der Waals surface area contributed by atoms with Gasteiger partial charge in [0.25, 0.3) is 0 Å². The Morgan fingerprint density at radius 2 is 1.15 bits per heavy atom. The summed E-state index contributed by atoms with van der Waals surface area (Å²) in [5.41, 5.74) is 2.15. The fraction of sp³-hybridized carbons (Fsp3) is 0.333. The first kappa shape index (κ1) is 60.2. The zero-order chi connectivity index (χ0) is 37.4. The van der Waals surface area contributed by atoms with Gasteiger partial charge in [-0.15, -0.1) is 0 Å². The molecule has 0 saturated carbocycles. The molecule has 4 aromatic heterocycles. The van der Waals surface area contributed by atoms with Gasteiger partial charge in [-0.3, -0.25) is 9.13 Å². The Kier molecular flexibility index (Phi) is 28.4. The molecule has 0 spiro atoms. The molecule has 0 bridgehead atoms. The van der Waals surface area contributed by atoms with E-state index in [2.05, 4.69) is 35.2 Å². The first-order valence-corrected chi connectivity index (χ1v) is 16.4. The van der Waals surface area contributed by atoms with Gasteiger partial charge in [0.05, 0.1) is 25.9 Å². The van der Waals surface area contributed by atoms with E-state index in [-0.39, 0.29) is 298 Å². The maximum absolute atomic E-state index is 10.4. The van der Waals surface area contributed by atoms with Gasteiger partial charge in [0.2, 0.25) is 11.6 Å². The summed E-state index contributed by atoms with van der Waals surface area (Å²) in [7, 11) is 0. The Morgan fingerprint density at radius 3 is 1.68 bits per heavy atom. The van der Waals surface area contributed by atoms with E-state index in [1.54, 1.807) is 6.07 Å². The molecule has 6 heterocycles. The number of imidazole rings is 2. The van der Waals surface area contributed by atoms with Gasteiger partial charge in [0, 0.05) is 271 Å². The number of aliphatic hydroxyl groups excluding tert-OH is 6. The van der Waals surface area contributed by atoms with Crippen molar-refractivity contribution in [1.82, 2.24) is 39.0 Å². The molecule has 2 aromatic carbocycles. The average molecular weight is 2110 g/mol. The number of nitriles is 2. The number of hydrogen-bond acceptors (Lipinski definition) is 17. The van der Waals surface area contributed by atoms with Crippen molar-refractivity contribution >= 4 is 50.5 Å². The Hall–Kier alpha value is 3.20. The van der Waals surface area contributed by atoms with Crippen LogP contribution in [-0.2, 0) is 16.0 Å². The second-order valence-electron chi connectivity index (χ2n) is 12.1. The number of aliphatic hydroxyl groups is 6. The van der Waals surface area contributed by atoms with E-state index in [1.807, 2.05) is 48.5 Å². The van der Waals surface area contributed by atoms with Crippen molar-refractivity contribution in [3.8, 4) is 12.1 Å². The molecule has 26 heteroatoms. The molecule has 2 fully saturated rings. The zero-order valence-electron chi connectivity index (χ0n) is 30.8. The third-order valence-electron chi connectivity index (χ3n) is 8.91. The van der Waals surface area contributed by atoms with Crippen LogP contribution in [0.5, 0.6) is 0 Å². The number of anilines is 1. The molecule has 6 unspecified atom stereocenters. The van der Waals surface area contributed by atoms with Crippen molar-refractivity contribution in [3.63, 3.8) is 0 Å². The van der Waals surface area contributed by atoms with Gasteiger partial charge in [-0.2, -0.15) is 25.5 Å². The van der Waals surface area contributed by atoms with Gasteiger partial charge in [0.1, 0.15) is 54.3 Å². The number of aromatic nitrogens is 8. The van der Waals surface area contributed by atoms with Crippen LogP contribution in [0.2, 0.25) is 5.15 Å². The minimum absolute atomic E-state index is 0. The monoisotopic (exact) mass is 2110 g/mol. The molecule has 19 nitrogen and oxygen atoms in total. The van der Waals surface area contributed by atoms with Gasteiger partial charge < -0.3 is 45.4 Å². The van der Waals surface area contributed by atoms with Crippen molar-refractivity contribution in [2.75, 3.05) is 18.5 Å². The third-order valence-corrected chi connectivity index (χ3v) is 9.17. The number of rotatable bonds is 7. The van der Waals surface area contributed by atoms with E-state index in [0.29, 0.717) is 17.9 Å². The van der Waals surface area contributed by atoms with Crippen molar-refractivity contribution in [1.29, 1.82) is 10.5 Å². The fourth-order valence-electron chi connectivity index (χ4n) is 6.24. The average Bonchev–Trinajstić information content (AvgIpc) is 3.94. The number of fused-ring (bicyclic) bond motifs is 3. The SMILES string of the molecule is N#Cc1nc(Cl)c2ncn(C3O[C@H](CO)C(O)C3O)c2n1.N#Cc1nc(NCc2cccc3ccccc23)c2ncn(C3O[C@H](CO)C(O)C3O)c2n1.[Ac].[Ac].[Ac].[Ac].[Ac].[Ac]. The van der Waals surface area contributed by atoms with Crippen LogP contribution >= 0.6 is 11.6 Å². The summed E-state index contributed by atoms with van der Waals surface area (Å²) < 4.78 is 13.8. The molecule has 2 saturated heterocycles. The van der Waals surface area contributed by atoms with Crippen molar-refractivity contribution < 1.29 is 304 Å². The van der Waals surface area contributed by atoms with E-state index >= 15 is 0 Å². The summed E-state index contributed by atoms with van der Waals surface area (Å²) in [6.45, 7) is -0.447. The van der Waals surface area contributed by atoms with Crippen molar-refractivity contribution in [2.45, 2.75) is 55.6 Å². The number of benzene rings is 2. The molecule has 7 N–H and O–H groups in total. The molecule has 290 valence electrons. The van der Waals surface area contributed by atoms with Crippen LogP contribution in [-0.4, -0.2) is 120 Å². The maximum atomic E-state index is 10.4. The largest absolute Gasteiger partial charge is 0.394 e. The van der Waals surface area contributed by atoms with Crippen LogP contribution in [0.4, 0.5) is 5.82 Å². The van der Waals surface area contributed by atoms with Gasteiger partial charge in [-0.25, -0.2) is 15.0 Å². The maximum Gasteiger partial charge on any atom is 0.236 e. The minimum atomic E-state index is -1.29. The molecule has 8 rings (SSSR count). The predicted molar refractivity (Wildman–Crippen MR) is 182 cm³/mol. The van der Waals surface area contributed by atoms with Gasteiger partial charge in [-0.1, -0.05) is 54.1 Å². The standard InChI is InChI=1S/C22H20N6O4.C11H10ClN5O4.6Ac/c23-8-16-26-20(24-9-13-6-3-5-12-4-1-2-7-14(12)13)17-21(27-16)28(11-25-17)22-19(31)18(30)15(10-29)32-22;12-9-6-10(16-5(1-13)15-9)17(3-14-6)11-8(20)7(19)4(2-18)21-11;;;;;;/h1-7,11,15,18-19,22,29-31H,9-10H2,(H,24,26,27);3-4,7-8,11,18-20H,2H2;;;;;;/t15-,18?,19?,22?;4-,7?,8?,11?;;;;;;/m11....../s1. The van der Waals surface area contributed by atoms with Gasteiger partial charge in [0.15, 0.2) is 40.2 Å². The van der Waals surface area contributed by atoms with Crippen LogP contribution in [0, 0.1) is 287 Å². The first-order chi connectivity index (χ1) is 25.7. The van der Waals surface area contributed by atoms with Crippen LogP contribution in [0.1, 0.15) is 29.7 Å². The molecule has 8 atom stereocenters. The fourth-order valence-corrected chi connectivity index (χ4v) is 6.45. The summed E-state index contributed by atoms with van der Waals surface area (Å²) in [5.74, 6) is 0.136. The number of ether oxygens (including phenoxy) is 2. The molecule has 0 aliphatic carbocycles. The molecular weight excluding hydrogens is 2080 g/mol. The number of halogens is 1. The molecule has 2 aliphatic rings. The number of hydrogen-bond donors (Lipinski definition) is 7. The molecular formula is C33H30Ac6ClN11O8. The van der Waals surface area contributed by atoms with Gasteiger partial charge >= 0.3 is 0 Å². The first-order valence-electron chi connectivity index (χ1n) is 16.1. The number of nitrogens with one attached hydrogen (secondary N) is 1. The molecule has 0 amide bonds. The Bertz CT molecular complexity index is 2400. The van der Waals surface area contributed by atoms with E-state index < -0.39 is 62.3 Å². The smallest absolute Gasteiger partial charge is 0.236 e. The molecule has 6 radical (unpaired) electrons. The van der Waals surface area contributed by atoms with Crippen LogP contribution in [0.15, 0.2) is 55.1 Å². The number of nitrogens with zero attached hydrogens (tertiary/aromatic N) is 10.